The van der Waals surface area contributed by atoms with Crippen LogP contribution >= 0.6 is 0 Å². The predicted molar refractivity (Wildman–Crippen MR) is 67.2 cm³/mol. The smallest absolute Gasteiger partial charge is 0.269 e. The van der Waals surface area contributed by atoms with E-state index in [1.807, 2.05) is 0 Å². The summed E-state index contributed by atoms with van der Waals surface area (Å²) >= 11 is 0. The van der Waals surface area contributed by atoms with Crippen LogP contribution in [-0.2, 0) is 4.74 Å². The van der Waals surface area contributed by atoms with Crippen LogP contribution in [0.15, 0.2) is 12.1 Å². The first-order valence-electron chi connectivity index (χ1n) is 6.04. The zero-order valence-electron chi connectivity index (χ0n) is 10.5. The SMILES string of the molecule is CC1(CNc2ccc(C(N)=O)nn2)CCOCC1. The highest BCUT2D eigenvalue weighted by molar-refractivity contribution is 5.90. The van der Waals surface area contributed by atoms with E-state index in [0.717, 1.165) is 32.6 Å². The second kappa shape index (κ2) is 5.30. The zero-order chi connectivity index (χ0) is 13.0. The van der Waals surface area contributed by atoms with Crippen LogP contribution in [0.25, 0.3) is 0 Å². The summed E-state index contributed by atoms with van der Waals surface area (Å²) < 4.78 is 5.35. The number of anilines is 1. The minimum absolute atomic E-state index is 0.179. The molecular weight excluding hydrogens is 232 g/mol. The normalized spacial score (nSPS) is 18.3. The van der Waals surface area contributed by atoms with Crippen molar-refractivity contribution in [3.8, 4) is 0 Å². The third-order valence-corrected chi connectivity index (χ3v) is 3.31. The number of nitrogens with two attached hydrogens (primary N) is 1. The molecule has 0 saturated carbocycles. The highest BCUT2D eigenvalue weighted by Crippen LogP contribution is 2.29. The van der Waals surface area contributed by atoms with Crippen LogP contribution in [0.3, 0.4) is 0 Å². The molecule has 0 aromatic carbocycles. The van der Waals surface area contributed by atoms with Crippen molar-refractivity contribution < 1.29 is 9.53 Å². The number of primary amides is 1. The van der Waals surface area contributed by atoms with Gasteiger partial charge in [0, 0.05) is 19.8 Å². The van der Waals surface area contributed by atoms with Crippen molar-refractivity contribution in [2.45, 2.75) is 19.8 Å². The molecule has 0 atom stereocenters. The molecule has 6 nitrogen and oxygen atoms in total. The molecule has 6 heteroatoms. The van der Waals surface area contributed by atoms with Gasteiger partial charge in [0.2, 0.25) is 0 Å². The average molecular weight is 250 g/mol. The van der Waals surface area contributed by atoms with Gasteiger partial charge in [0.1, 0.15) is 5.82 Å². The lowest BCUT2D eigenvalue weighted by atomic mass is 9.82. The Morgan fingerprint density at radius 3 is 2.72 bits per heavy atom. The standard InChI is InChI=1S/C12H18N4O2/c1-12(4-6-18-7-5-12)8-14-10-3-2-9(11(13)17)15-16-10/h2-3H,4-8H2,1H3,(H2,13,17)(H,14,16). The summed E-state index contributed by atoms with van der Waals surface area (Å²) in [7, 11) is 0. The van der Waals surface area contributed by atoms with E-state index >= 15 is 0 Å². The number of amides is 1. The van der Waals surface area contributed by atoms with E-state index in [1.54, 1.807) is 12.1 Å². The van der Waals surface area contributed by atoms with Crippen LogP contribution < -0.4 is 11.1 Å². The molecule has 98 valence electrons. The van der Waals surface area contributed by atoms with Gasteiger partial charge in [-0.05, 0) is 30.4 Å². The molecule has 0 radical (unpaired) electrons. The fourth-order valence-electron chi connectivity index (χ4n) is 1.90. The summed E-state index contributed by atoms with van der Waals surface area (Å²) in [5, 5.41) is 10.9. The van der Waals surface area contributed by atoms with Gasteiger partial charge in [-0.1, -0.05) is 6.92 Å². The van der Waals surface area contributed by atoms with Gasteiger partial charge in [-0.15, -0.1) is 10.2 Å². The second-order valence-corrected chi connectivity index (χ2v) is 4.94. The fraction of sp³-hybridized carbons (Fsp3) is 0.583. The molecular formula is C12H18N4O2. The van der Waals surface area contributed by atoms with Crippen LogP contribution in [0.5, 0.6) is 0 Å². The number of hydrogen-bond acceptors (Lipinski definition) is 5. The van der Waals surface area contributed by atoms with Gasteiger partial charge in [0.15, 0.2) is 5.69 Å². The van der Waals surface area contributed by atoms with E-state index in [0.29, 0.717) is 5.82 Å². The summed E-state index contributed by atoms with van der Waals surface area (Å²) in [4.78, 5) is 10.9. The quantitative estimate of drug-likeness (QED) is 0.825. The van der Waals surface area contributed by atoms with Gasteiger partial charge >= 0.3 is 0 Å². The van der Waals surface area contributed by atoms with Crippen LogP contribution in [0.2, 0.25) is 0 Å². The molecule has 1 aliphatic heterocycles. The molecule has 1 amide bonds. The van der Waals surface area contributed by atoms with Crippen molar-refractivity contribution in [1.82, 2.24) is 10.2 Å². The summed E-state index contributed by atoms with van der Waals surface area (Å²) in [5.41, 5.74) is 5.50. The van der Waals surface area contributed by atoms with Crippen molar-refractivity contribution >= 4 is 11.7 Å². The molecule has 2 rings (SSSR count). The molecule has 18 heavy (non-hydrogen) atoms. The molecule has 1 aliphatic rings. The minimum Gasteiger partial charge on any atom is -0.381 e. The first-order valence-corrected chi connectivity index (χ1v) is 6.04. The van der Waals surface area contributed by atoms with Crippen LogP contribution in [0.4, 0.5) is 5.82 Å². The van der Waals surface area contributed by atoms with Crippen molar-refractivity contribution in [3.05, 3.63) is 17.8 Å². The van der Waals surface area contributed by atoms with E-state index in [-0.39, 0.29) is 11.1 Å². The highest BCUT2D eigenvalue weighted by Gasteiger charge is 2.27. The molecule has 0 unspecified atom stereocenters. The maximum absolute atomic E-state index is 10.9. The number of aromatic nitrogens is 2. The number of nitrogens with zero attached hydrogens (tertiary/aromatic N) is 2. The Kier molecular flexibility index (Phi) is 3.76. The number of carbonyl (C=O) groups is 1. The van der Waals surface area contributed by atoms with Gasteiger partial charge in [0.25, 0.3) is 5.91 Å². The molecule has 1 aromatic heterocycles. The van der Waals surface area contributed by atoms with Crippen LogP contribution in [-0.4, -0.2) is 35.9 Å². The number of rotatable bonds is 4. The fourth-order valence-corrected chi connectivity index (χ4v) is 1.90. The molecule has 1 aromatic rings. The third-order valence-electron chi connectivity index (χ3n) is 3.31. The summed E-state index contributed by atoms with van der Waals surface area (Å²) in [5.74, 6) is 0.0955. The largest absolute Gasteiger partial charge is 0.381 e. The number of ether oxygens (including phenoxy) is 1. The first kappa shape index (κ1) is 12.8. The van der Waals surface area contributed by atoms with Crippen LogP contribution in [0.1, 0.15) is 30.3 Å². The summed E-state index contributed by atoms with van der Waals surface area (Å²) in [6, 6.07) is 3.29. The minimum atomic E-state index is -0.564. The van der Waals surface area contributed by atoms with E-state index in [9.17, 15) is 4.79 Å². The Morgan fingerprint density at radius 1 is 1.44 bits per heavy atom. The van der Waals surface area contributed by atoms with Gasteiger partial charge in [0.05, 0.1) is 0 Å². The lowest BCUT2D eigenvalue weighted by Gasteiger charge is -2.33. The van der Waals surface area contributed by atoms with Gasteiger partial charge in [-0.25, -0.2) is 0 Å². The van der Waals surface area contributed by atoms with Crippen molar-refractivity contribution in [1.29, 1.82) is 0 Å². The Morgan fingerprint density at radius 2 is 2.17 bits per heavy atom. The molecule has 3 N–H and O–H groups in total. The van der Waals surface area contributed by atoms with Gasteiger partial charge in [-0.2, -0.15) is 0 Å². The summed E-state index contributed by atoms with van der Waals surface area (Å²) in [6.07, 6.45) is 2.07. The van der Waals surface area contributed by atoms with Gasteiger partial charge in [-0.3, -0.25) is 4.79 Å². The van der Waals surface area contributed by atoms with E-state index in [1.165, 1.54) is 0 Å². The highest BCUT2D eigenvalue weighted by atomic mass is 16.5. The van der Waals surface area contributed by atoms with E-state index in [2.05, 4.69) is 22.4 Å². The first-order chi connectivity index (χ1) is 8.59. The van der Waals surface area contributed by atoms with E-state index in [4.69, 9.17) is 10.5 Å². The van der Waals surface area contributed by atoms with Crippen molar-refractivity contribution in [2.24, 2.45) is 11.1 Å². The summed E-state index contributed by atoms with van der Waals surface area (Å²) in [6.45, 7) is 4.67. The Bertz CT molecular complexity index is 413. The third kappa shape index (κ3) is 3.16. The van der Waals surface area contributed by atoms with E-state index < -0.39 is 5.91 Å². The predicted octanol–water partition coefficient (Wildman–Crippen LogP) is 0.804. The number of carbonyl (C=O) groups excluding carboxylic acids is 1. The lowest BCUT2D eigenvalue weighted by Crippen LogP contribution is -2.33. The maximum Gasteiger partial charge on any atom is 0.269 e. The molecule has 2 heterocycles. The Hall–Kier alpha value is -1.69. The van der Waals surface area contributed by atoms with Crippen molar-refractivity contribution in [2.75, 3.05) is 25.1 Å². The number of nitrogens with one attached hydrogen (secondary N) is 1. The van der Waals surface area contributed by atoms with Crippen LogP contribution in [0, 0.1) is 5.41 Å². The molecule has 0 bridgehead atoms. The molecule has 1 saturated heterocycles. The topological polar surface area (TPSA) is 90.1 Å². The molecule has 1 fully saturated rings. The Labute approximate surface area is 106 Å². The Balaban J connectivity index is 1.91. The molecule has 0 aliphatic carbocycles. The maximum atomic E-state index is 10.9. The lowest BCUT2D eigenvalue weighted by molar-refractivity contribution is 0.0299. The average Bonchev–Trinajstić information content (AvgIpc) is 2.38. The second-order valence-electron chi connectivity index (χ2n) is 4.94. The molecule has 0 spiro atoms. The van der Waals surface area contributed by atoms with Gasteiger partial charge < -0.3 is 15.8 Å². The monoisotopic (exact) mass is 250 g/mol. The van der Waals surface area contributed by atoms with Crippen molar-refractivity contribution in [3.63, 3.8) is 0 Å². The zero-order valence-corrected chi connectivity index (χ0v) is 10.5. The number of hydrogen-bond donors (Lipinski definition) is 2.